The lowest BCUT2D eigenvalue weighted by molar-refractivity contribution is 0.978. The van der Waals surface area contributed by atoms with Gasteiger partial charge in [-0.25, -0.2) is 15.0 Å². The Kier molecular flexibility index (Phi) is 1.77. The molecule has 62 valence electrons. The summed E-state index contributed by atoms with van der Waals surface area (Å²) >= 11 is 1.57. The van der Waals surface area contributed by atoms with E-state index < -0.39 is 0 Å². The molecule has 2 rings (SSSR count). The van der Waals surface area contributed by atoms with Gasteiger partial charge in [0.25, 0.3) is 0 Å². The average molecular weight is 179 g/mol. The molecule has 0 spiro atoms. The van der Waals surface area contributed by atoms with Crippen LogP contribution in [0.5, 0.6) is 0 Å². The van der Waals surface area contributed by atoms with Crippen LogP contribution in [0.15, 0.2) is 5.51 Å². The molecule has 0 aliphatic carbocycles. The van der Waals surface area contributed by atoms with Crippen molar-refractivity contribution in [3.63, 3.8) is 0 Å². The second kappa shape index (κ2) is 2.79. The van der Waals surface area contributed by atoms with E-state index >= 15 is 0 Å². The highest BCUT2D eigenvalue weighted by Crippen LogP contribution is 2.18. The van der Waals surface area contributed by atoms with E-state index in [1.807, 2.05) is 12.4 Å². The van der Waals surface area contributed by atoms with E-state index in [0.29, 0.717) is 0 Å². The summed E-state index contributed by atoms with van der Waals surface area (Å²) in [5.41, 5.74) is 3.84. The van der Waals surface area contributed by atoms with Crippen LogP contribution in [0.3, 0.4) is 0 Å². The van der Waals surface area contributed by atoms with E-state index in [1.54, 1.807) is 11.3 Å². The van der Waals surface area contributed by atoms with Crippen molar-refractivity contribution in [2.45, 2.75) is 20.3 Å². The molecule has 0 saturated heterocycles. The summed E-state index contributed by atoms with van der Waals surface area (Å²) in [6, 6.07) is 0. The minimum Gasteiger partial charge on any atom is -0.241 e. The lowest BCUT2D eigenvalue weighted by Crippen LogP contribution is -1.94. The minimum absolute atomic E-state index is 0.837. The van der Waals surface area contributed by atoms with Gasteiger partial charge in [0.1, 0.15) is 16.2 Å². The van der Waals surface area contributed by atoms with E-state index in [4.69, 9.17) is 0 Å². The Morgan fingerprint density at radius 1 is 1.42 bits per heavy atom. The van der Waals surface area contributed by atoms with Gasteiger partial charge in [0, 0.05) is 0 Å². The zero-order chi connectivity index (χ0) is 8.55. The van der Waals surface area contributed by atoms with E-state index in [2.05, 4.69) is 21.9 Å². The number of hydrogen-bond acceptors (Lipinski definition) is 4. The largest absolute Gasteiger partial charge is 0.241 e. The number of fused-ring (bicyclic) bond motifs is 1. The predicted octanol–water partition coefficient (Wildman–Crippen LogP) is 1.96. The summed E-state index contributed by atoms with van der Waals surface area (Å²) in [6.07, 6.45) is 0.920. The van der Waals surface area contributed by atoms with Crippen molar-refractivity contribution in [2.75, 3.05) is 0 Å². The Morgan fingerprint density at radius 2 is 2.25 bits per heavy atom. The molecule has 0 N–H and O–H groups in total. The first-order valence-electron chi connectivity index (χ1n) is 3.88. The number of nitrogens with zero attached hydrogens (tertiary/aromatic N) is 3. The van der Waals surface area contributed by atoms with Crippen LogP contribution in [0.25, 0.3) is 10.3 Å². The Balaban J connectivity index is 2.80. The van der Waals surface area contributed by atoms with Crippen molar-refractivity contribution in [1.29, 1.82) is 0 Å². The highest BCUT2D eigenvalue weighted by atomic mass is 32.1. The highest BCUT2D eigenvalue weighted by Gasteiger charge is 2.05. The van der Waals surface area contributed by atoms with Crippen LogP contribution in [0.2, 0.25) is 0 Å². The van der Waals surface area contributed by atoms with E-state index in [-0.39, 0.29) is 0 Å². The van der Waals surface area contributed by atoms with E-state index in [0.717, 1.165) is 28.3 Å². The van der Waals surface area contributed by atoms with Crippen LogP contribution in [0, 0.1) is 6.92 Å². The molecule has 0 atom stereocenters. The molecule has 3 nitrogen and oxygen atoms in total. The van der Waals surface area contributed by atoms with Crippen LogP contribution in [0.4, 0.5) is 0 Å². The van der Waals surface area contributed by atoms with Crippen LogP contribution in [-0.4, -0.2) is 15.0 Å². The third-order valence-electron chi connectivity index (χ3n) is 1.72. The van der Waals surface area contributed by atoms with Gasteiger partial charge in [-0.15, -0.1) is 11.3 Å². The molecule has 0 aliphatic rings. The Labute approximate surface area is 74.5 Å². The number of hydrogen-bond donors (Lipinski definition) is 0. The van der Waals surface area contributed by atoms with Crippen molar-refractivity contribution in [3.8, 4) is 0 Å². The lowest BCUT2D eigenvalue weighted by atomic mass is 10.3. The summed E-state index contributed by atoms with van der Waals surface area (Å²) in [7, 11) is 0. The molecule has 0 radical (unpaired) electrons. The molecule has 4 heteroatoms. The van der Waals surface area contributed by atoms with Gasteiger partial charge in [-0.05, 0) is 13.3 Å². The second-order valence-electron chi connectivity index (χ2n) is 2.58. The zero-order valence-corrected chi connectivity index (χ0v) is 7.85. The standard InChI is InChI=1S/C8H9N3S/c1-3-6-7-8(12-4-9-7)11-5(2)10-6/h4H,3H2,1-2H3. The molecule has 0 aliphatic heterocycles. The molecule has 0 saturated carbocycles. The third kappa shape index (κ3) is 1.08. The molecular weight excluding hydrogens is 170 g/mol. The quantitative estimate of drug-likeness (QED) is 0.671. The monoisotopic (exact) mass is 179 g/mol. The molecule has 0 unspecified atom stereocenters. The summed E-state index contributed by atoms with van der Waals surface area (Å²) in [5, 5.41) is 0. The van der Waals surface area contributed by atoms with Gasteiger partial charge in [0.15, 0.2) is 0 Å². The summed E-state index contributed by atoms with van der Waals surface area (Å²) < 4.78 is 0. The van der Waals surface area contributed by atoms with Crippen molar-refractivity contribution >= 4 is 21.7 Å². The van der Waals surface area contributed by atoms with Crippen LogP contribution < -0.4 is 0 Å². The molecule has 12 heavy (non-hydrogen) atoms. The number of rotatable bonds is 1. The maximum absolute atomic E-state index is 4.33. The maximum Gasteiger partial charge on any atom is 0.147 e. The number of aromatic nitrogens is 3. The maximum atomic E-state index is 4.33. The first-order chi connectivity index (χ1) is 5.81. The molecule has 0 amide bonds. The normalized spacial score (nSPS) is 10.8. The van der Waals surface area contributed by atoms with Crippen molar-refractivity contribution in [3.05, 3.63) is 17.0 Å². The fourth-order valence-corrected chi connectivity index (χ4v) is 1.91. The van der Waals surface area contributed by atoms with E-state index in [1.165, 1.54) is 0 Å². The number of thiazole rings is 1. The fourth-order valence-electron chi connectivity index (χ4n) is 1.18. The van der Waals surface area contributed by atoms with Gasteiger partial charge >= 0.3 is 0 Å². The van der Waals surface area contributed by atoms with Crippen LogP contribution in [0.1, 0.15) is 18.4 Å². The molecular formula is C8H9N3S. The molecule has 2 aromatic rings. The van der Waals surface area contributed by atoms with Crippen molar-refractivity contribution in [2.24, 2.45) is 0 Å². The van der Waals surface area contributed by atoms with Crippen molar-refractivity contribution < 1.29 is 0 Å². The summed E-state index contributed by atoms with van der Waals surface area (Å²) in [4.78, 5) is 13.8. The van der Waals surface area contributed by atoms with Crippen molar-refractivity contribution in [1.82, 2.24) is 15.0 Å². The summed E-state index contributed by atoms with van der Waals surface area (Å²) in [5.74, 6) is 0.837. The smallest absolute Gasteiger partial charge is 0.147 e. The van der Waals surface area contributed by atoms with Gasteiger partial charge in [-0.3, -0.25) is 0 Å². The van der Waals surface area contributed by atoms with Gasteiger partial charge < -0.3 is 0 Å². The highest BCUT2D eigenvalue weighted by molar-refractivity contribution is 7.16. The van der Waals surface area contributed by atoms with Gasteiger partial charge in [-0.1, -0.05) is 6.92 Å². The Bertz CT molecular complexity index is 408. The van der Waals surface area contributed by atoms with Gasteiger partial charge in [0.05, 0.1) is 11.2 Å². The molecule has 0 bridgehead atoms. The first-order valence-corrected chi connectivity index (χ1v) is 4.76. The fraction of sp³-hybridized carbons (Fsp3) is 0.375. The molecule has 2 heterocycles. The van der Waals surface area contributed by atoms with Gasteiger partial charge in [0.2, 0.25) is 0 Å². The lowest BCUT2D eigenvalue weighted by Gasteiger charge is -1.97. The van der Waals surface area contributed by atoms with Crippen LogP contribution >= 0.6 is 11.3 Å². The zero-order valence-electron chi connectivity index (χ0n) is 7.03. The topological polar surface area (TPSA) is 38.7 Å². The molecule has 2 aromatic heterocycles. The Hall–Kier alpha value is -1.03. The summed E-state index contributed by atoms with van der Waals surface area (Å²) in [6.45, 7) is 4.00. The third-order valence-corrected chi connectivity index (χ3v) is 2.44. The minimum atomic E-state index is 0.837. The number of aryl methyl sites for hydroxylation is 2. The second-order valence-corrected chi connectivity index (χ2v) is 3.41. The first kappa shape index (κ1) is 7.61. The Morgan fingerprint density at radius 3 is 3.00 bits per heavy atom. The van der Waals surface area contributed by atoms with Crippen LogP contribution in [-0.2, 0) is 6.42 Å². The van der Waals surface area contributed by atoms with E-state index in [9.17, 15) is 0 Å². The SMILES string of the molecule is CCc1nc(C)nc2scnc12. The molecule has 0 fully saturated rings. The predicted molar refractivity (Wildman–Crippen MR) is 49.3 cm³/mol. The average Bonchev–Trinajstić information content (AvgIpc) is 2.50. The molecule has 0 aromatic carbocycles. The van der Waals surface area contributed by atoms with Gasteiger partial charge in [-0.2, -0.15) is 0 Å².